The van der Waals surface area contributed by atoms with Crippen molar-refractivity contribution in [1.82, 2.24) is 4.90 Å². The monoisotopic (exact) mass is 246 g/mol. The van der Waals surface area contributed by atoms with E-state index in [1.54, 1.807) is 0 Å². The lowest BCUT2D eigenvalue weighted by Crippen LogP contribution is -2.37. The SMILES string of the molecule is N[C@H]1CCN(C(=O)C2CCOc3ccccc32)C1. The molecule has 1 aromatic rings. The number of rotatable bonds is 1. The fourth-order valence-electron chi connectivity index (χ4n) is 2.81. The van der Waals surface area contributed by atoms with Gasteiger partial charge in [-0.25, -0.2) is 0 Å². The number of fused-ring (bicyclic) bond motifs is 1. The highest BCUT2D eigenvalue weighted by Gasteiger charge is 2.33. The molecule has 2 N–H and O–H groups in total. The van der Waals surface area contributed by atoms with Gasteiger partial charge in [0.1, 0.15) is 5.75 Å². The van der Waals surface area contributed by atoms with Crippen molar-refractivity contribution in [3.8, 4) is 5.75 Å². The molecule has 0 aromatic heterocycles. The third-order valence-corrected chi connectivity index (χ3v) is 3.79. The van der Waals surface area contributed by atoms with Gasteiger partial charge < -0.3 is 15.4 Å². The molecule has 1 fully saturated rings. The molecule has 1 unspecified atom stereocenters. The number of nitrogens with zero attached hydrogens (tertiary/aromatic N) is 1. The predicted octanol–water partition coefficient (Wildman–Crippen LogP) is 1.11. The molecule has 1 amide bonds. The van der Waals surface area contributed by atoms with Crippen LogP contribution in [0.2, 0.25) is 0 Å². The summed E-state index contributed by atoms with van der Waals surface area (Å²) in [4.78, 5) is 14.4. The van der Waals surface area contributed by atoms with Crippen molar-refractivity contribution in [2.24, 2.45) is 5.73 Å². The van der Waals surface area contributed by atoms with Gasteiger partial charge in [-0.1, -0.05) is 18.2 Å². The van der Waals surface area contributed by atoms with E-state index in [2.05, 4.69) is 0 Å². The molecule has 2 atom stereocenters. The maximum absolute atomic E-state index is 12.5. The van der Waals surface area contributed by atoms with Gasteiger partial charge in [-0.2, -0.15) is 0 Å². The first-order chi connectivity index (χ1) is 8.75. The van der Waals surface area contributed by atoms with Crippen molar-refractivity contribution in [2.45, 2.75) is 24.8 Å². The smallest absolute Gasteiger partial charge is 0.230 e. The number of amides is 1. The van der Waals surface area contributed by atoms with E-state index >= 15 is 0 Å². The summed E-state index contributed by atoms with van der Waals surface area (Å²) in [5.74, 6) is 1.00. The summed E-state index contributed by atoms with van der Waals surface area (Å²) in [5, 5.41) is 0. The van der Waals surface area contributed by atoms with Crippen molar-refractivity contribution in [3.05, 3.63) is 29.8 Å². The fourth-order valence-corrected chi connectivity index (χ4v) is 2.81. The first kappa shape index (κ1) is 11.5. The zero-order chi connectivity index (χ0) is 12.5. The standard InChI is InChI=1S/C14H18N2O2/c15-10-5-7-16(9-10)14(17)12-6-8-18-13-4-2-1-3-11(12)13/h1-4,10,12H,5-9,15H2/t10-,12?/m0/s1. The molecule has 0 saturated carbocycles. The lowest BCUT2D eigenvalue weighted by Gasteiger charge is -2.28. The Balaban J connectivity index is 1.83. The maximum Gasteiger partial charge on any atom is 0.230 e. The number of benzene rings is 1. The van der Waals surface area contributed by atoms with Crippen LogP contribution in [0.1, 0.15) is 24.3 Å². The number of hydrogen-bond acceptors (Lipinski definition) is 3. The van der Waals surface area contributed by atoms with Crippen LogP contribution in [0.4, 0.5) is 0 Å². The van der Waals surface area contributed by atoms with Gasteiger partial charge in [0.25, 0.3) is 0 Å². The van der Waals surface area contributed by atoms with E-state index in [4.69, 9.17) is 10.5 Å². The summed E-state index contributed by atoms with van der Waals surface area (Å²) >= 11 is 0. The number of carbonyl (C=O) groups excluding carboxylic acids is 1. The van der Waals surface area contributed by atoms with Gasteiger partial charge in [-0.05, 0) is 18.9 Å². The van der Waals surface area contributed by atoms with Crippen LogP contribution < -0.4 is 10.5 Å². The molecule has 1 saturated heterocycles. The minimum absolute atomic E-state index is 0.0553. The Morgan fingerprint density at radius 1 is 1.33 bits per heavy atom. The van der Waals surface area contributed by atoms with Gasteiger partial charge in [-0.3, -0.25) is 4.79 Å². The highest BCUT2D eigenvalue weighted by Crippen LogP contribution is 2.35. The third-order valence-electron chi connectivity index (χ3n) is 3.79. The quantitative estimate of drug-likeness (QED) is 0.807. The van der Waals surface area contributed by atoms with E-state index in [0.717, 1.165) is 30.7 Å². The highest BCUT2D eigenvalue weighted by molar-refractivity contribution is 5.85. The number of nitrogens with two attached hydrogens (primary N) is 1. The number of carbonyl (C=O) groups is 1. The second-order valence-corrected chi connectivity index (χ2v) is 5.06. The number of para-hydroxylation sites is 1. The zero-order valence-corrected chi connectivity index (χ0v) is 10.3. The van der Waals surface area contributed by atoms with Gasteiger partial charge in [0.15, 0.2) is 0 Å². The summed E-state index contributed by atoms with van der Waals surface area (Å²) in [6.07, 6.45) is 1.68. The maximum atomic E-state index is 12.5. The molecule has 3 rings (SSSR count). The summed E-state index contributed by atoms with van der Waals surface area (Å²) in [6, 6.07) is 7.97. The van der Waals surface area contributed by atoms with Crippen molar-refractivity contribution in [2.75, 3.05) is 19.7 Å². The normalized spacial score (nSPS) is 26.6. The second-order valence-electron chi connectivity index (χ2n) is 5.06. The van der Waals surface area contributed by atoms with Gasteiger partial charge in [-0.15, -0.1) is 0 Å². The Morgan fingerprint density at radius 2 is 2.17 bits per heavy atom. The average molecular weight is 246 g/mol. The van der Waals surface area contributed by atoms with Gasteiger partial charge in [0.05, 0.1) is 12.5 Å². The van der Waals surface area contributed by atoms with Crippen LogP contribution in [0.5, 0.6) is 5.75 Å². The molecular formula is C14H18N2O2. The first-order valence-corrected chi connectivity index (χ1v) is 6.52. The molecule has 0 bridgehead atoms. The Labute approximate surface area is 107 Å². The molecule has 1 aromatic carbocycles. The third kappa shape index (κ3) is 1.97. The minimum Gasteiger partial charge on any atom is -0.493 e. The van der Waals surface area contributed by atoms with Crippen LogP contribution in [0.15, 0.2) is 24.3 Å². The molecule has 0 aliphatic carbocycles. The zero-order valence-electron chi connectivity index (χ0n) is 10.3. The first-order valence-electron chi connectivity index (χ1n) is 6.52. The lowest BCUT2D eigenvalue weighted by atomic mass is 9.92. The average Bonchev–Trinajstić information content (AvgIpc) is 2.84. The lowest BCUT2D eigenvalue weighted by molar-refractivity contribution is -0.132. The van der Waals surface area contributed by atoms with Crippen LogP contribution in [0.3, 0.4) is 0 Å². The molecule has 2 heterocycles. The van der Waals surface area contributed by atoms with E-state index in [0.29, 0.717) is 13.2 Å². The Hall–Kier alpha value is -1.55. The summed E-state index contributed by atoms with van der Waals surface area (Å²) < 4.78 is 5.59. The second kappa shape index (κ2) is 4.61. The summed E-state index contributed by atoms with van der Waals surface area (Å²) in [7, 11) is 0. The van der Waals surface area contributed by atoms with Crippen LogP contribution in [-0.2, 0) is 4.79 Å². The fraction of sp³-hybridized carbons (Fsp3) is 0.500. The van der Waals surface area contributed by atoms with Crippen molar-refractivity contribution >= 4 is 5.91 Å². The molecule has 96 valence electrons. The number of hydrogen-bond donors (Lipinski definition) is 1. The number of likely N-dealkylation sites (tertiary alicyclic amines) is 1. The van der Waals surface area contributed by atoms with Gasteiger partial charge in [0, 0.05) is 24.7 Å². The van der Waals surface area contributed by atoms with Crippen LogP contribution >= 0.6 is 0 Å². The van der Waals surface area contributed by atoms with E-state index in [-0.39, 0.29) is 17.9 Å². The highest BCUT2D eigenvalue weighted by atomic mass is 16.5. The van der Waals surface area contributed by atoms with Crippen molar-refractivity contribution in [1.29, 1.82) is 0 Å². The van der Waals surface area contributed by atoms with Crippen molar-refractivity contribution < 1.29 is 9.53 Å². The molecule has 18 heavy (non-hydrogen) atoms. The van der Waals surface area contributed by atoms with Gasteiger partial charge in [0.2, 0.25) is 5.91 Å². The van der Waals surface area contributed by atoms with Crippen LogP contribution in [0, 0.1) is 0 Å². The topological polar surface area (TPSA) is 55.6 Å². The molecular weight excluding hydrogens is 228 g/mol. The van der Waals surface area contributed by atoms with E-state index in [1.807, 2.05) is 29.2 Å². The molecule has 0 spiro atoms. The van der Waals surface area contributed by atoms with E-state index in [9.17, 15) is 4.79 Å². The molecule has 4 heteroatoms. The Morgan fingerprint density at radius 3 is 2.94 bits per heavy atom. The number of ether oxygens (including phenoxy) is 1. The summed E-state index contributed by atoms with van der Waals surface area (Å²) in [6.45, 7) is 2.10. The van der Waals surface area contributed by atoms with Crippen molar-refractivity contribution in [3.63, 3.8) is 0 Å². The van der Waals surface area contributed by atoms with E-state index in [1.165, 1.54) is 0 Å². The molecule has 2 aliphatic heterocycles. The Kier molecular flexibility index (Phi) is 2.96. The summed E-state index contributed by atoms with van der Waals surface area (Å²) in [5.41, 5.74) is 6.89. The minimum atomic E-state index is -0.0553. The van der Waals surface area contributed by atoms with Crippen LogP contribution in [-0.4, -0.2) is 36.5 Å². The largest absolute Gasteiger partial charge is 0.493 e. The van der Waals surface area contributed by atoms with Crippen LogP contribution in [0.25, 0.3) is 0 Å². The predicted molar refractivity (Wildman–Crippen MR) is 68.5 cm³/mol. The Bertz CT molecular complexity index is 461. The molecule has 0 radical (unpaired) electrons. The molecule has 4 nitrogen and oxygen atoms in total. The van der Waals surface area contributed by atoms with Gasteiger partial charge >= 0.3 is 0 Å². The molecule has 2 aliphatic rings. The van der Waals surface area contributed by atoms with E-state index < -0.39 is 0 Å².